The fourth-order valence-electron chi connectivity index (χ4n) is 1.32. The predicted molar refractivity (Wildman–Crippen MR) is 73.9 cm³/mol. The summed E-state index contributed by atoms with van der Waals surface area (Å²) in [6, 6.07) is 3.19. The zero-order valence-corrected chi connectivity index (χ0v) is 12.1. The molecule has 0 unspecified atom stereocenters. The molecule has 0 aliphatic rings. The van der Waals surface area contributed by atoms with Crippen LogP contribution in [0.25, 0.3) is 0 Å². The lowest BCUT2D eigenvalue weighted by Crippen LogP contribution is -2.25. The van der Waals surface area contributed by atoms with E-state index in [-0.39, 0.29) is 18.5 Å². The van der Waals surface area contributed by atoms with Crippen LogP contribution < -0.4 is 5.32 Å². The number of nitrogens with zero attached hydrogens (tertiary/aromatic N) is 1. The van der Waals surface area contributed by atoms with Crippen molar-refractivity contribution in [3.8, 4) is 0 Å². The summed E-state index contributed by atoms with van der Waals surface area (Å²) in [5.74, 6) is -0.190. The fourth-order valence-corrected chi connectivity index (χ4v) is 1.32. The summed E-state index contributed by atoms with van der Waals surface area (Å²) in [6.07, 6.45) is 0.487. The Balaban J connectivity index is 2.58. The first-order valence-electron chi connectivity index (χ1n) is 6.29. The second-order valence-corrected chi connectivity index (χ2v) is 5.52. The summed E-state index contributed by atoms with van der Waals surface area (Å²) >= 11 is 0. The molecular weight excluding hydrogens is 260 g/mol. The molecule has 0 aromatic carbocycles. The number of ether oxygens (including phenoxy) is 1. The number of nitrogens with one attached hydrogen (secondary N) is 1. The molecule has 1 atom stereocenters. The summed E-state index contributed by atoms with van der Waals surface area (Å²) in [5, 5.41) is 12.4. The van der Waals surface area contributed by atoms with Gasteiger partial charge in [-0.05, 0) is 26.8 Å². The van der Waals surface area contributed by atoms with Crippen LogP contribution in [0.5, 0.6) is 0 Å². The molecule has 0 bridgehead atoms. The Kier molecular flexibility index (Phi) is 5.21. The minimum absolute atomic E-state index is 0.128. The number of carbonyl (C=O) groups is 2. The molecule has 0 saturated carbocycles. The van der Waals surface area contributed by atoms with Crippen LogP contribution in [0.4, 0.5) is 5.82 Å². The van der Waals surface area contributed by atoms with Crippen LogP contribution in [-0.2, 0) is 14.3 Å². The molecule has 0 radical (unpaired) electrons. The van der Waals surface area contributed by atoms with Gasteiger partial charge in [-0.25, -0.2) is 4.98 Å². The number of anilines is 1. The Hall–Kier alpha value is -1.95. The Morgan fingerprint density at radius 2 is 2.05 bits per heavy atom. The molecule has 2 N–H and O–H groups in total. The highest BCUT2D eigenvalue weighted by molar-refractivity contribution is 5.87. The van der Waals surface area contributed by atoms with E-state index in [9.17, 15) is 14.7 Å². The topological polar surface area (TPSA) is 88.5 Å². The summed E-state index contributed by atoms with van der Waals surface area (Å²) in [7, 11) is 0. The van der Waals surface area contributed by atoms with Gasteiger partial charge in [0.1, 0.15) is 18.5 Å². The molecule has 1 aromatic rings. The highest BCUT2D eigenvalue weighted by atomic mass is 16.5. The van der Waals surface area contributed by atoms with Crippen molar-refractivity contribution < 1.29 is 19.4 Å². The molecule has 1 amide bonds. The van der Waals surface area contributed by atoms with Gasteiger partial charge in [-0.3, -0.25) is 9.59 Å². The molecule has 1 rings (SSSR count). The summed E-state index contributed by atoms with van der Waals surface area (Å²) in [5.41, 5.74) is -0.0893. The van der Waals surface area contributed by atoms with Gasteiger partial charge < -0.3 is 15.2 Å². The number of hydrogen-bond donors (Lipinski definition) is 2. The van der Waals surface area contributed by atoms with Crippen molar-refractivity contribution in [2.75, 3.05) is 11.9 Å². The maximum absolute atomic E-state index is 11.6. The molecule has 1 aromatic heterocycles. The quantitative estimate of drug-likeness (QED) is 0.819. The summed E-state index contributed by atoms with van der Waals surface area (Å²) in [6.45, 7) is 6.48. The maximum atomic E-state index is 11.6. The first-order chi connectivity index (χ1) is 9.20. The normalized spacial score (nSPS) is 12.7. The van der Waals surface area contributed by atoms with Crippen molar-refractivity contribution in [2.24, 2.45) is 5.41 Å². The molecule has 0 aliphatic carbocycles. The zero-order valence-electron chi connectivity index (χ0n) is 12.1. The number of amides is 1. The number of hydrogen-bond acceptors (Lipinski definition) is 5. The molecule has 0 fully saturated rings. The lowest BCUT2D eigenvalue weighted by molar-refractivity contribution is -0.156. The van der Waals surface area contributed by atoms with Gasteiger partial charge in [-0.15, -0.1) is 0 Å². The smallest absolute Gasteiger partial charge is 0.311 e. The number of carbonyl (C=O) groups excluding carboxylic acids is 2. The number of rotatable bonds is 4. The van der Waals surface area contributed by atoms with Gasteiger partial charge in [-0.1, -0.05) is 6.07 Å². The van der Waals surface area contributed by atoms with E-state index in [1.54, 1.807) is 32.9 Å². The van der Waals surface area contributed by atoms with Crippen molar-refractivity contribution in [3.05, 3.63) is 23.9 Å². The molecule has 0 saturated heterocycles. The Morgan fingerprint density at radius 1 is 1.40 bits per heavy atom. The molecule has 1 heterocycles. The Labute approximate surface area is 118 Å². The van der Waals surface area contributed by atoms with Gasteiger partial charge in [0.05, 0.1) is 5.41 Å². The van der Waals surface area contributed by atoms with Gasteiger partial charge in [0, 0.05) is 18.7 Å². The maximum Gasteiger partial charge on any atom is 0.311 e. The van der Waals surface area contributed by atoms with E-state index in [0.717, 1.165) is 0 Å². The van der Waals surface area contributed by atoms with Crippen LogP contribution in [-0.4, -0.2) is 28.6 Å². The van der Waals surface area contributed by atoms with Gasteiger partial charge >= 0.3 is 5.97 Å². The number of esters is 1. The van der Waals surface area contributed by atoms with Crippen LogP contribution in [0.2, 0.25) is 0 Å². The van der Waals surface area contributed by atoms with E-state index < -0.39 is 11.5 Å². The largest absolute Gasteiger partial charge is 0.462 e. The van der Waals surface area contributed by atoms with Crippen molar-refractivity contribution in [2.45, 2.75) is 33.8 Å². The van der Waals surface area contributed by atoms with E-state index in [4.69, 9.17) is 4.74 Å². The zero-order chi connectivity index (χ0) is 15.3. The monoisotopic (exact) mass is 280 g/mol. The van der Waals surface area contributed by atoms with Crippen molar-refractivity contribution in [3.63, 3.8) is 0 Å². The average molecular weight is 280 g/mol. The van der Waals surface area contributed by atoms with Crippen LogP contribution in [0.15, 0.2) is 18.3 Å². The minimum Gasteiger partial charge on any atom is -0.462 e. The van der Waals surface area contributed by atoms with E-state index >= 15 is 0 Å². The molecule has 20 heavy (non-hydrogen) atoms. The average Bonchev–Trinajstić information content (AvgIpc) is 2.34. The van der Waals surface area contributed by atoms with E-state index in [1.165, 1.54) is 13.1 Å². The summed E-state index contributed by atoms with van der Waals surface area (Å²) in [4.78, 5) is 26.4. The molecular formula is C14H20N2O4. The second-order valence-electron chi connectivity index (χ2n) is 5.52. The third kappa shape index (κ3) is 4.97. The number of aromatic nitrogens is 1. The lowest BCUT2D eigenvalue weighted by atomic mass is 9.97. The number of aliphatic hydroxyl groups is 1. The van der Waals surface area contributed by atoms with Crippen LogP contribution in [0.3, 0.4) is 0 Å². The molecule has 0 spiro atoms. The van der Waals surface area contributed by atoms with E-state index in [2.05, 4.69) is 10.3 Å². The SMILES string of the molecule is CC(=O)Nc1ccc([C@H](O)COC(=O)C(C)(C)C)cn1. The van der Waals surface area contributed by atoms with Gasteiger partial charge in [-0.2, -0.15) is 0 Å². The van der Waals surface area contributed by atoms with Crippen molar-refractivity contribution >= 4 is 17.7 Å². The highest BCUT2D eigenvalue weighted by Crippen LogP contribution is 2.18. The summed E-state index contributed by atoms with van der Waals surface area (Å²) < 4.78 is 5.03. The highest BCUT2D eigenvalue weighted by Gasteiger charge is 2.24. The van der Waals surface area contributed by atoms with Crippen LogP contribution >= 0.6 is 0 Å². The third-order valence-electron chi connectivity index (χ3n) is 2.46. The van der Waals surface area contributed by atoms with Crippen LogP contribution in [0, 0.1) is 5.41 Å². The van der Waals surface area contributed by atoms with Crippen molar-refractivity contribution in [1.29, 1.82) is 0 Å². The fraction of sp³-hybridized carbons (Fsp3) is 0.500. The minimum atomic E-state index is -0.944. The first-order valence-corrected chi connectivity index (χ1v) is 6.29. The number of aliphatic hydroxyl groups excluding tert-OH is 1. The third-order valence-corrected chi connectivity index (χ3v) is 2.46. The van der Waals surface area contributed by atoms with E-state index in [1.807, 2.05) is 0 Å². The molecule has 6 heteroatoms. The second kappa shape index (κ2) is 6.47. The Morgan fingerprint density at radius 3 is 2.50 bits per heavy atom. The number of pyridine rings is 1. The van der Waals surface area contributed by atoms with Crippen LogP contribution in [0.1, 0.15) is 39.4 Å². The first kappa shape index (κ1) is 16.1. The molecule has 0 aliphatic heterocycles. The lowest BCUT2D eigenvalue weighted by Gasteiger charge is -2.18. The molecule has 6 nitrogen and oxygen atoms in total. The molecule has 110 valence electrons. The van der Waals surface area contributed by atoms with E-state index in [0.29, 0.717) is 11.4 Å². The standard InChI is InChI=1S/C14H20N2O4/c1-9(17)16-12-6-5-10(7-15-12)11(18)8-20-13(19)14(2,3)4/h5-7,11,18H,8H2,1-4H3,(H,15,16,17)/t11-/m1/s1. The Bertz CT molecular complexity index is 477. The van der Waals surface area contributed by atoms with Gasteiger partial charge in [0.25, 0.3) is 0 Å². The van der Waals surface area contributed by atoms with Gasteiger partial charge in [0.15, 0.2) is 0 Å². The predicted octanol–water partition coefficient (Wildman–Crippen LogP) is 1.66. The van der Waals surface area contributed by atoms with Crippen molar-refractivity contribution in [1.82, 2.24) is 4.98 Å². The van der Waals surface area contributed by atoms with Gasteiger partial charge in [0.2, 0.25) is 5.91 Å².